The molecule has 0 aliphatic carbocycles. The molecule has 1 heterocycles. The maximum Gasteiger partial charge on any atom is 0.274 e. The fourth-order valence-corrected chi connectivity index (χ4v) is 2.45. The molecule has 2 rings (SSSR count). The van der Waals surface area contributed by atoms with E-state index in [0.717, 1.165) is 12.0 Å². The lowest BCUT2D eigenvalue weighted by Gasteiger charge is -2.10. The summed E-state index contributed by atoms with van der Waals surface area (Å²) in [6.07, 6.45) is 2.36. The second-order valence-electron chi connectivity index (χ2n) is 6.28. The van der Waals surface area contributed by atoms with Crippen molar-refractivity contribution in [1.82, 2.24) is 10.3 Å². The Morgan fingerprint density at radius 3 is 2.60 bits per heavy atom. The summed E-state index contributed by atoms with van der Waals surface area (Å²) in [6.45, 7) is 6.65. The lowest BCUT2D eigenvalue weighted by atomic mass is 10.1. The Hall–Kier alpha value is -2.40. The van der Waals surface area contributed by atoms with Crippen LogP contribution in [0, 0.1) is 12.8 Å². The molecule has 0 saturated carbocycles. The molecule has 0 aliphatic heterocycles. The summed E-state index contributed by atoms with van der Waals surface area (Å²) in [6, 6.07) is 8.29. The van der Waals surface area contributed by atoms with Crippen LogP contribution >= 0.6 is 11.6 Å². The Morgan fingerprint density at radius 1 is 1.16 bits per heavy atom. The van der Waals surface area contributed by atoms with Gasteiger partial charge in [0.05, 0.1) is 0 Å². The van der Waals surface area contributed by atoms with E-state index >= 15 is 0 Å². The predicted octanol–water partition coefficient (Wildman–Crippen LogP) is 4.07. The molecule has 0 aliphatic rings. The van der Waals surface area contributed by atoms with Gasteiger partial charge in [0.25, 0.3) is 11.8 Å². The number of halogens is 1. The molecule has 2 amide bonds. The standard InChI is InChI=1S/C19H22ClN3O2/c1-12(2)6-8-22-18(24)14-7-9-21-17(11-14)19(25)23-16-5-4-15(20)10-13(16)3/h4-5,7,9-12H,6,8H2,1-3H3,(H,22,24)(H,23,25). The smallest absolute Gasteiger partial charge is 0.274 e. The molecular weight excluding hydrogens is 338 g/mol. The first-order chi connectivity index (χ1) is 11.9. The highest BCUT2D eigenvalue weighted by atomic mass is 35.5. The number of aromatic nitrogens is 1. The zero-order valence-electron chi connectivity index (χ0n) is 14.6. The number of benzene rings is 1. The van der Waals surface area contributed by atoms with Crippen molar-refractivity contribution in [3.05, 3.63) is 58.4 Å². The number of carbonyl (C=O) groups is 2. The van der Waals surface area contributed by atoms with Crippen molar-refractivity contribution in [3.63, 3.8) is 0 Å². The minimum atomic E-state index is -0.373. The molecule has 0 saturated heterocycles. The lowest BCUT2D eigenvalue weighted by Crippen LogP contribution is -2.26. The Bertz CT molecular complexity index is 775. The molecule has 2 aromatic rings. The number of amides is 2. The van der Waals surface area contributed by atoms with E-state index in [1.165, 1.54) is 12.3 Å². The van der Waals surface area contributed by atoms with Crippen LogP contribution in [0.5, 0.6) is 0 Å². The average Bonchev–Trinajstić information content (AvgIpc) is 2.57. The number of rotatable bonds is 6. The molecule has 0 unspecified atom stereocenters. The minimum Gasteiger partial charge on any atom is -0.352 e. The third-order valence-electron chi connectivity index (χ3n) is 3.70. The molecule has 0 fully saturated rings. The molecule has 25 heavy (non-hydrogen) atoms. The number of carbonyl (C=O) groups excluding carboxylic acids is 2. The van der Waals surface area contributed by atoms with Crippen molar-refractivity contribution < 1.29 is 9.59 Å². The quantitative estimate of drug-likeness (QED) is 0.816. The van der Waals surface area contributed by atoms with Crippen LogP contribution in [0.3, 0.4) is 0 Å². The van der Waals surface area contributed by atoms with E-state index < -0.39 is 0 Å². The zero-order valence-corrected chi connectivity index (χ0v) is 15.4. The summed E-state index contributed by atoms with van der Waals surface area (Å²) in [5.74, 6) is -0.0660. The molecule has 0 radical (unpaired) electrons. The van der Waals surface area contributed by atoms with Gasteiger partial charge in [0.2, 0.25) is 0 Å². The van der Waals surface area contributed by atoms with Gasteiger partial charge in [0, 0.05) is 29.0 Å². The van der Waals surface area contributed by atoms with Crippen LogP contribution in [0.25, 0.3) is 0 Å². The molecule has 0 spiro atoms. The van der Waals surface area contributed by atoms with Crippen LogP contribution in [0.15, 0.2) is 36.5 Å². The largest absolute Gasteiger partial charge is 0.352 e. The Balaban J connectivity index is 2.06. The van der Waals surface area contributed by atoms with Crippen molar-refractivity contribution in [2.24, 2.45) is 5.92 Å². The van der Waals surface area contributed by atoms with Crippen molar-refractivity contribution in [2.45, 2.75) is 27.2 Å². The van der Waals surface area contributed by atoms with E-state index in [1.54, 1.807) is 24.3 Å². The van der Waals surface area contributed by atoms with E-state index in [1.807, 2.05) is 6.92 Å². The van der Waals surface area contributed by atoms with Crippen molar-refractivity contribution >= 4 is 29.1 Å². The Labute approximate surface area is 152 Å². The van der Waals surface area contributed by atoms with Gasteiger partial charge in [-0.2, -0.15) is 0 Å². The maximum absolute atomic E-state index is 12.4. The molecule has 132 valence electrons. The fourth-order valence-electron chi connectivity index (χ4n) is 2.23. The van der Waals surface area contributed by atoms with Crippen molar-refractivity contribution in [1.29, 1.82) is 0 Å². The van der Waals surface area contributed by atoms with E-state index in [2.05, 4.69) is 29.5 Å². The second kappa shape index (κ2) is 8.62. The number of nitrogens with one attached hydrogen (secondary N) is 2. The van der Waals surface area contributed by atoms with Crippen LogP contribution in [0.4, 0.5) is 5.69 Å². The van der Waals surface area contributed by atoms with E-state index in [4.69, 9.17) is 11.6 Å². The fraction of sp³-hybridized carbons (Fsp3) is 0.316. The SMILES string of the molecule is Cc1cc(Cl)ccc1NC(=O)c1cc(C(=O)NCCC(C)C)ccn1. The molecule has 0 bridgehead atoms. The van der Waals surface area contributed by atoms with Gasteiger partial charge in [-0.15, -0.1) is 0 Å². The van der Waals surface area contributed by atoms with Gasteiger partial charge in [-0.3, -0.25) is 14.6 Å². The molecule has 2 N–H and O–H groups in total. The van der Waals surface area contributed by atoms with Gasteiger partial charge in [0.15, 0.2) is 0 Å². The summed E-state index contributed by atoms with van der Waals surface area (Å²) in [4.78, 5) is 28.6. The monoisotopic (exact) mass is 359 g/mol. The highest BCUT2D eigenvalue weighted by Crippen LogP contribution is 2.20. The van der Waals surface area contributed by atoms with Gasteiger partial charge in [-0.1, -0.05) is 25.4 Å². The number of nitrogens with zero attached hydrogens (tertiary/aromatic N) is 1. The van der Waals surface area contributed by atoms with Gasteiger partial charge in [-0.25, -0.2) is 0 Å². The van der Waals surface area contributed by atoms with Gasteiger partial charge in [0.1, 0.15) is 5.69 Å². The molecule has 5 nitrogen and oxygen atoms in total. The van der Waals surface area contributed by atoms with Gasteiger partial charge >= 0.3 is 0 Å². The highest BCUT2D eigenvalue weighted by molar-refractivity contribution is 6.30. The van der Waals surface area contributed by atoms with Crippen molar-refractivity contribution in [3.8, 4) is 0 Å². The first-order valence-corrected chi connectivity index (χ1v) is 8.56. The van der Waals surface area contributed by atoms with Gasteiger partial charge in [-0.05, 0) is 55.2 Å². The normalized spacial score (nSPS) is 10.6. The number of aryl methyl sites for hydroxylation is 1. The first kappa shape index (κ1) is 18.9. The molecule has 6 heteroatoms. The van der Waals surface area contributed by atoms with Crippen molar-refractivity contribution in [2.75, 3.05) is 11.9 Å². The predicted molar refractivity (Wildman–Crippen MR) is 100 cm³/mol. The summed E-state index contributed by atoms with van der Waals surface area (Å²) < 4.78 is 0. The number of pyridine rings is 1. The van der Waals surface area contributed by atoms with Crippen LogP contribution < -0.4 is 10.6 Å². The maximum atomic E-state index is 12.4. The zero-order chi connectivity index (χ0) is 18.4. The van der Waals surface area contributed by atoms with Crippen LogP contribution in [-0.2, 0) is 0 Å². The summed E-state index contributed by atoms with van der Waals surface area (Å²) >= 11 is 5.92. The average molecular weight is 360 g/mol. The summed E-state index contributed by atoms with van der Waals surface area (Å²) in [5, 5.41) is 6.24. The van der Waals surface area contributed by atoms with Gasteiger partial charge < -0.3 is 10.6 Å². The van der Waals surface area contributed by atoms with E-state index in [9.17, 15) is 9.59 Å². The minimum absolute atomic E-state index is 0.186. The number of anilines is 1. The van der Waals surface area contributed by atoms with Crippen LogP contribution in [0.1, 0.15) is 46.7 Å². The molecule has 1 aromatic heterocycles. The third kappa shape index (κ3) is 5.57. The van der Waals surface area contributed by atoms with Crippen LogP contribution in [-0.4, -0.2) is 23.3 Å². The third-order valence-corrected chi connectivity index (χ3v) is 3.93. The second-order valence-corrected chi connectivity index (χ2v) is 6.72. The van der Waals surface area contributed by atoms with E-state index in [-0.39, 0.29) is 17.5 Å². The topological polar surface area (TPSA) is 71.1 Å². The van der Waals surface area contributed by atoms with E-state index in [0.29, 0.717) is 28.7 Å². The highest BCUT2D eigenvalue weighted by Gasteiger charge is 2.13. The molecule has 1 aromatic carbocycles. The first-order valence-electron chi connectivity index (χ1n) is 8.18. The Kier molecular flexibility index (Phi) is 6.53. The number of hydrogen-bond acceptors (Lipinski definition) is 3. The lowest BCUT2D eigenvalue weighted by molar-refractivity contribution is 0.0952. The Morgan fingerprint density at radius 2 is 1.92 bits per heavy atom. The summed E-state index contributed by atoms with van der Waals surface area (Å²) in [7, 11) is 0. The summed E-state index contributed by atoms with van der Waals surface area (Å²) in [5.41, 5.74) is 2.11. The molecule has 0 atom stereocenters. The number of hydrogen-bond donors (Lipinski definition) is 2. The van der Waals surface area contributed by atoms with Crippen LogP contribution in [0.2, 0.25) is 5.02 Å². The molecular formula is C19H22ClN3O2.